The van der Waals surface area contributed by atoms with Crippen LogP contribution in [-0.4, -0.2) is 24.8 Å². The van der Waals surface area contributed by atoms with Gasteiger partial charge in [0.1, 0.15) is 5.75 Å². The normalized spacial score (nSPS) is 11.8. The first-order valence-corrected chi connectivity index (χ1v) is 9.17. The lowest BCUT2D eigenvalue weighted by Crippen LogP contribution is -2.31. The van der Waals surface area contributed by atoms with Crippen molar-refractivity contribution in [2.75, 3.05) is 13.7 Å². The summed E-state index contributed by atoms with van der Waals surface area (Å²) in [4.78, 5) is 13.2. The molecule has 0 bridgehead atoms. The molecule has 0 spiro atoms. The van der Waals surface area contributed by atoms with Crippen molar-refractivity contribution in [3.8, 4) is 5.75 Å². The van der Waals surface area contributed by atoms with Crippen LogP contribution in [0.4, 0.5) is 0 Å². The number of carbonyl (C=O) groups is 1. The predicted molar refractivity (Wildman–Crippen MR) is 101 cm³/mol. The average molecular weight is 364 g/mol. The van der Waals surface area contributed by atoms with E-state index in [2.05, 4.69) is 5.32 Å². The van der Waals surface area contributed by atoms with E-state index in [0.29, 0.717) is 6.54 Å². The maximum atomic E-state index is 12.2. The zero-order valence-corrected chi connectivity index (χ0v) is 15.5. The van der Waals surface area contributed by atoms with Gasteiger partial charge < -0.3 is 10.1 Å². The molecule has 0 aliphatic heterocycles. The van der Waals surface area contributed by atoms with Crippen LogP contribution in [-0.2, 0) is 11.2 Å². The minimum Gasteiger partial charge on any atom is -0.497 e. The lowest BCUT2D eigenvalue weighted by Gasteiger charge is -2.12. The number of methoxy groups -OCH3 is 1. The molecule has 3 nitrogen and oxygen atoms in total. The second-order valence-electron chi connectivity index (χ2n) is 5.42. The second kappa shape index (κ2) is 9.60. The summed E-state index contributed by atoms with van der Waals surface area (Å²) in [5, 5.41) is 3.63. The smallest absolute Gasteiger partial charge is 0.233 e. The van der Waals surface area contributed by atoms with Gasteiger partial charge in [-0.1, -0.05) is 29.8 Å². The van der Waals surface area contributed by atoms with Crippen LogP contribution in [0.15, 0.2) is 53.4 Å². The molecule has 0 saturated carbocycles. The minimum absolute atomic E-state index is 0.0509. The summed E-state index contributed by atoms with van der Waals surface area (Å²) < 4.78 is 5.13. The number of ether oxygens (including phenoxy) is 1. The van der Waals surface area contributed by atoms with Crippen molar-refractivity contribution in [1.29, 1.82) is 0 Å². The Hall–Kier alpha value is -1.65. The largest absolute Gasteiger partial charge is 0.497 e. The molecule has 128 valence electrons. The fraction of sp³-hybridized carbons (Fsp3) is 0.316. The van der Waals surface area contributed by atoms with Crippen molar-refractivity contribution in [3.63, 3.8) is 0 Å². The Morgan fingerprint density at radius 3 is 2.58 bits per heavy atom. The maximum Gasteiger partial charge on any atom is 0.233 e. The third-order valence-electron chi connectivity index (χ3n) is 3.62. The van der Waals surface area contributed by atoms with Gasteiger partial charge in [0.2, 0.25) is 5.91 Å². The Morgan fingerprint density at radius 1 is 1.21 bits per heavy atom. The Labute approximate surface area is 152 Å². The Morgan fingerprint density at radius 2 is 1.92 bits per heavy atom. The number of rotatable bonds is 8. The molecule has 0 unspecified atom stereocenters. The molecule has 0 heterocycles. The molecule has 1 N–H and O–H groups in total. The number of carbonyl (C=O) groups excluding carboxylic acids is 1. The molecule has 1 atom stereocenters. The van der Waals surface area contributed by atoms with E-state index in [4.69, 9.17) is 16.3 Å². The Balaban J connectivity index is 1.72. The van der Waals surface area contributed by atoms with Gasteiger partial charge in [-0.15, -0.1) is 11.8 Å². The van der Waals surface area contributed by atoms with Gasteiger partial charge in [-0.05, 0) is 55.7 Å². The number of benzene rings is 2. The van der Waals surface area contributed by atoms with Crippen LogP contribution in [0.25, 0.3) is 0 Å². The quantitative estimate of drug-likeness (QED) is 0.551. The molecule has 2 aromatic carbocycles. The molecule has 0 aliphatic carbocycles. The summed E-state index contributed by atoms with van der Waals surface area (Å²) in [6.45, 7) is 2.57. The monoisotopic (exact) mass is 363 g/mol. The number of thioether (sulfide) groups is 1. The van der Waals surface area contributed by atoms with Crippen LogP contribution in [0.5, 0.6) is 5.75 Å². The Bertz CT molecular complexity index is 661. The van der Waals surface area contributed by atoms with Crippen LogP contribution in [0.1, 0.15) is 18.9 Å². The van der Waals surface area contributed by atoms with Gasteiger partial charge in [-0.3, -0.25) is 4.79 Å². The van der Waals surface area contributed by atoms with Crippen molar-refractivity contribution in [3.05, 3.63) is 59.1 Å². The molecule has 0 radical (unpaired) electrons. The molecule has 0 fully saturated rings. The van der Waals surface area contributed by atoms with Gasteiger partial charge in [-0.25, -0.2) is 0 Å². The summed E-state index contributed by atoms with van der Waals surface area (Å²) in [6, 6.07) is 15.5. The second-order valence-corrected chi connectivity index (χ2v) is 7.24. The van der Waals surface area contributed by atoms with Crippen molar-refractivity contribution < 1.29 is 9.53 Å². The highest BCUT2D eigenvalue weighted by atomic mass is 35.5. The third-order valence-corrected chi connectivity index (χ3v) is 5.10. The van der Waals surface area contributed by atoms with Gasteiger partial charge in [0.25, 0.3) is 0 Å². The highest BCUT2D eigenvalue weighted by molar-refractivity contribution is 8.00. The van der Waals surface area contributed by atoms with Crippen LogP contribution >= 0.6 is 23.4 Å². The molecule has 2 rings (SSSR count). The fourth-order valence-electron chi connectivity index (χ4n) is 2.25. The summed E-state index contributed by atoms with van der Waals surface area (Å²) in [5.74, 6) is 0.867. The summed E-state index contributed by atoms with van der Waals surface area (Å²) in [6.07, 6.45) is 1.73. The number of halogens is 1. The van der Waals surface area contributed by atoms with Crippen LogP contribution < -0.4 is 10.1 Å². The molecular weight excluding hydrogens is 342 g/mol. The Kier molecular flexibility index (Phi) is 7.47. The number of hydrogen-bond donors (Lipinski definition) is 1. The molecule has 5 heteroatoms. The van der Waals surface area contributed by atoms with E-state index >= 15 is 0 Å². The van der Waals surface area contributed by atoms with E-state index < -0.39 is 0 Å². The number of amides is 1. The minimum atomic E-state index is -0.140. The first kappa shape index (κ1) is 18.7. The number of nitrogens with one attached hydrogen (secondary N) is 1. The van der Waals surface area contributed by atoms with Gasteiger partial charge in [0.15, 0.2) is 0 Å². The lowest BCUT2D eigenvalue weighted by atomic mass is 10.1. The topological polar surface area (TPSA) is 38.3 Å². The van der Waals surface area contributed by atoms with Crippen LogP contribution in [0.3, 0.4) is 0 Å². The first-order valence-electron chi connectivity index (χ1n) is 7.92. The summed E-state index contributed by atoms with van der Waals surface area (Å²) >= 11 is 7.67. The van der Waals surface area contributed by atoms with Gasteiger partial charge >= 0.3 is 0 Å². The molecule has 0 aromatic heterocycles. The average Bonchev–Trinajstić information content (AvgIpc) is 2.60. The van der Waals surface area contributed by atoms with E-state index in [1.165, 1.54) is 11.8 Å². The van der Waals surface area contributed by atoms with Crippen molar-refractivity contribution in [1.82, 2.24) is 5.32 Å². The van der Waals surface area contributed by atoms with Gasteiger partial charge in [0, 0.05) is 16.5 Å². The van der Waals surface area contributed by atoms with Crippen molar-refractivity contribution >= 4 is 29.3 Å². The zero-order valence-electron chi connectivity index (χ0n) is 13.9. The predicted octanol–water partition coefficient (Wildman–Crippen LogP) is 4.58. The SMILES string of the molecule is COc1ccc(S[C@@H](C)C(=O)NCCCc2ccccc2Cl)cc1. The third kappa shape index (κ3) is 5.77. The summed E-state index contributed by atoms with van der Waals surface area (Å²) in [5.41, 5.74) is 1.12. The molecular formula is C19H22ClNO2S. The highest BCUT2D eigenvalue weighted by Gasteiger charge is 2.13. The summed E-state index contributed by atoms with van der Waals surface area (Å²) in [7, 11) is 1.64. The van der Waals surface area contributed by atoms with Gasteiger partial charge in [0.05, 0.1) is 12.4 Å². The van der Waals surface area contributed by atoms with Crippen molar-refractivity contribution in [2.45, 2.75) is 29.9 Å². The van der Waals surface area contributed by atoms with Gasteiger partial charge in [-0.2, -0.15) is 0 Å². The van der Waals surface area contributed by atoms with E-state index in [0.717, 1.165) is 34.1 Å². The fourth-order valence-corrected chi connectivity index (χ4v) is 3.37. The number of hydrogen-bond acceptors (Lipinski definition) is 3. The standard InChI is InChI=1S/C19H22ClNO2S/c1-14(24-17-11-9-16(23-2)10-12-17)19(22)21-13-5-7-15-6-3-4-8-18(15)20/h3-4,6,8-12,14H,5,7,13H2,1-2H3,(H,21,22)/t14-/m0/s1. The molecule has 0 saturated heterocycles. The van der Waals surface area contributed by atoms with Crippen molar-refractivity contribution in [2.24, 2.45) is 0 Å². The van der Waals surface area contributed by atoms with E-state index in [9.17, 15) is 4.79 Å². The molecule has 2 aromatic rings. The van der Waals surface area contributed by atoms with Crippen LogP contribution in [0, 0.1) is 0 Å². The zero-order chi connectivity index (χ0) is 17.4. The van der Waals surface area contributed by atoms with Crippen LogP contribution in [0.2, 0.25) is 5.02 Å². The maximum absolute atomic E-state index is 12.2. The highest BCUT2D eigenvalue weighted by Crippen LogP contribution is 2.25. The van der Waals surface area contributed by atoms with E-state index in [-0.39, 0.29) is 11.2 Å². The van der Waals surface area contributed by atoms with E-state index in [1.807, 2.05) is 55.5 Å². The van der Waals surface area contributed by atoms with E-state index in [1.54, 1.807) is 7.11 Å². The molecule has 24 heavy (non-hydrogen) atoms. The lowest BCUT2D eigenvalue weighted by molar-refractivity contribution is -0.120. The number of aryl methyl sites for hydroxylation is 1. The molecule has 0 aliphatic rings. The molecule has 1 amide bonds. The first-order chi connectivity index (χ1) is 11.6.